The maximum atomic E-state index is 13.2. The van der Waals surface area contributed by atoms with E-state index < -0.39 is 27.4 Å². The van der Waals surface area contributed by atoms with E-state index in [-0.39, 0.29) is 35.1 Å². The lowest BCUT2D eigenvalue weighted by Crippen LogP contribution is -2.49. The predicted octanol–water partition coefficient (Wildman–Crippen LogP) is 1.79. The van der Waals surface area contributed by atoms with Gasteiger partial charge in [-0.25, -0.2) is 8.42 Å². The van der Waals surface area contributed by atoms with Crippen LogP contribution in [-0.4, -0.2) is 66.7 Å². The maximum absolute atomic E-state index is 13.2. The van der Waals surface area contributed by atoms with Gasteiger partial charge >= 0.3 is 0 Å². The Bertz CT molecular complexity index is 1400. The molecular weight excluding hydrogens is 484 g/mol. The lowest BCUT2D eigenvalue weighted by molar-refractivity contribution is -0.143. The average molecular weight is 513 g/mol. The largest absolute Gasteiger partial charge is 0.372 e. The third kappa shape index (κ3) is 5.58. The van der Waals surface area contributed by atoms with Gasteiger partial charge in [0.05, 0.1) is 17.1 Å². The van der Waals surface area contributed by atoms with Crippen LogP contribution in [0.3, 0.4) is 0 Å². The molecule has 1 aliphatic rings. The van der Waals surface area contributed by atoms with E-state index in [2.05, 4.69) is 5.32 Å². The van der Waals surface area contributed by atoms with Crippen molar-refractivity contribution >= 4 is 44.1 Å². The molecule has 4 rings (SSSR count). The summed E-state index contributed by atoms with van der Waals surface area (Å²) in [5.74, 6) is -2.27. The molecule has 0 aliphatic carbocycles. The molecule has 10 nitrogen and oxygen atoms in total. The van der Waals surface area contributed by atoms with Crippen molar-refractivity contribution < 1.29 is 27.5 Å². The van der Waals surface area contributed by atoms with E-state index >= 15 is 0 Å². The van der Waals surface area contributed by atoms with E-state index in [0.29, 0.717) is 29.7 Å². The molecule has 1 fully saturated rings. The number of morpholine rings is 1. The number of hydrogen-bond acceptors (Lipinski definition) is 6. The highest BCUT2D eigenvalue weighted by atomic mass is 32.2. The molecule has 2 heterocycles. The number of carbonyl (C=O) groups excluding carboxylic acids is 3. The van der Waals surface area contributed by atoms with Gasteiger partial charge in [-0.2, -0.15) is 0 Å². The number of amides is 3. The van der Waals surface area contributed by atoms with Crippen LogP contribution in [0.25, 0.3) is 10.9 Å². The zero-order chi connectivity index (χ0) is 26.0. The van der Waals surface area contributed by atoms with Gasteiger partial charge in [-0.3, -0.25) is 14.4 Å². The van der Waals surface area contributed by atoms with Crippen LogP contribution in [0.2, 0.25) is 0 Å². The molecule has 0 bridgehead atoms. The van der Waals surface area contributed by atoms with Crippen LogP contribution in [0.5, 0.6) is 0 Å². The fraction of sp³-hybridized carbons (Fsp3) is 0.320. The summed E-state index contributed by atoms with van der Waals surface area (Å²) in [6.07, 6.45) is 1.25. The van der Waals surface area contributed by atoms with Gasteiger partial charge in [0.25, 0.3) is 0 Å². The molecule has 0 spiro atoms. The number of anilines is 1. The summed E-state index contributed by atoms with van der Waals surface area (Å²) in [5.41, 5.74) is 6.40. The number of benzene rings is 2. The summed E-state index contributed by atoms with van der Waals surface area (Å²) in [6, 6.07) is 12.7. The topological polar surface area (TPSA) is 141 Å². The van der Waals surface area contributed by atoms with Crippen LogP contribution in [0.1, 0.15) is 24.2 Å². The van der Waals surface area contributed by atoms with Crippen molar-refractivity contribution in [2.24, 2.45) is 5.73 Å². The summed E-state index contributed by atoms with van der Waals surface area (Å²) >= 11 is 0. The molecule has 1 aromatic heterocycles. The van der Waals surface area contributed by atoms with Gasteiger partial charge < -0.3 is 25.3 Å². The van der Waals surface area contributed by atoms with Gasteiger partial charge in [0.1, 0.15) is 12.3 Å². The minimum absolute atomic E-state index is 0.0196. The van der Waals surface area contributed by atoms with Crippen LogP contribution in [-0.2, 0) is 30.7 Å². The van der Waals surface area contributed by atoms with Crippen LogP contribution < -0.4 is 11.1 Å². The summed E-state index contributed by atoms with van der Waals surface area (Å²) in [4.78, 5) is 38.5. The normalized spacial score (nSPS) is 18.2. The zero-order valence-corrected chi connectivity index (χ0v) is 20.8. The van der Waals surface area contributed by atoms with Gasteiger partial charge in [0, 0.05) is 41.4 Å². The Hall–Kier alpha value is -3.70. The van der Waals surface area contributed by atoms with E-state index in [4.69, 9.17) is 10.5 Å². The highest BCUT2D eigenvalue weighted by Gasteiger charge is 2.28. The van der Waals surface area contributed by atoms with E-state index in [1.807, 2.05) is 13.8 Å². The summed E-state index contributed by atoms with van der Waals surface area (Å²) in [5, 5.41) is 2.96. The standard InChI is InChI=1S/C25H28N4O6S/c1-16-11-29(12-17(2)35-16)24(31)14-28-13-22(20-5-3-4-6-21(20)28)36(33,34)15-23(30)27-19-9-7-18(8-10-19)25(26)32/h3-10,13,16-17H,11-12,14-15H2,1-2H3,(H2,26,32)(H,27,30)/t16-,17+. The Morgan fingerprint density at radius 1 is 1.03 bits per heavy atom. The summed E-state index contributed by atoms with van der Waals surface area (Å²) in [7, 11) is -4.04. The number of primary amides is 1. The number of fused-ring (bicyclic) bond motifs is 1. The van der Waals surface area contributed by atoms with E-state index in [1.54, 1.807) is 33.7 Å². The lowest BCUT2D eigenvalue weighted by Gasteiger charge is -2.35. The summed E-state index contributed by atoms with van der Waals surface area (Å²) in [6.45, 7) is 4.71. The van der Waals surface area contributed by atoms with Crippen LogP contribution in [0.15, 0.2) is 59.6 Å². The molecule has 36 heavy (non-hydrogen) atoms. The Morgan fingerprint density at radius 3 is 2.31 bits per heavy atom. The Kier molecular flexibility index (Phi) is 7.14. The maximum Gasteiger partial charge on any atom is 0.248 e. The minimum atomic E-state index is -4.04. The van der Waals surface area contributed by atoms with Gasteiger partial charge in [-0.1, -0.05) is 18.2 Å². The molecule has 190 valence electrons. The van der Waals surface area contributed by atoms with Gasteiger partial charge in [-0.15, -0.1) is 0 Å². The number of sulfone groups is 1. The average Bonchev–Trinajstić information content (AvgIpc) is 3.18. The number of carbonyl (C=O) groups is 3. The van der Waals surface area contributed by atoms with E-state index in [1.165, 1.54) is 30.5 Å². The van der Waals surface area contributed by atoms with Crippen molar-refractivity contribution in [2.45, 2.75) is 37.5 Å². The number of ether oxygens (including phenoxy) is 1. The summed E-state index contributed by atoms with van der Waals surface area (Å²) < 4.78 is 33.8. The second kappa shape index (κ2) is 10.1. The number of para-hydroxylation sites is 1. The molecule has 0 saturated carbocycles. The minimum Gasteiger partial charge on any atom is -0.372 e. The Balaban J connectivity index is 1.54. The first-order valence-electron chi connectivity index (χ1n) is 11.5. The molecular formula is C25H28N4O6S. The fourth-order valence-electron chi connectivity index (χ4n) is 4.38. The molecule has 3 amide bonds. The number of nitrogens with two attached hydrogens (primary N) is 1. The highest BCUT2D eigenvalue weighted by molar-refractivity contribution is 7.92. The second-order valence-electron chi connectivity index (χ2n) is 8.94. The second-order valence-corrected chi connectivity index (χ2v) is 10.9. The molecule has 0 unspecified atom stereocenters. The van der Waals surface area contributed by atoms with E-state index in [0.717, 1.165) is 0 Å². The highest BCUT2D eigenvalue weighted by Crippen LogP contribution is 2.27. The number of nitrogens with one attached hydrogen (secondary N) is 1. The van der Waals surface area contributed by atoms with Crippen molar-refractivity contribution in [1.29, 1.82) is 0 Å². The Morgan fingerprint density at radius 2 is 1.67 bits per heavy atom. The first-order chi connectivity index (χ1) is 17.0. The van der Waals surface area contributed by atoms with Gasteiger partial charge in [0.2, 0.25) is 17.7 Å². The third-order valence-corrected chi connectivity index (χ3v) is 7.58. The van der Waals surface area contributed by atoms with Crippen LogP contribution in [0, 0.1) is 0 Å². The number of aromatic nitrogens is 1. The fourth-order valence-corrected chi connectivity index (χ4v) is 5.75. The van der Waals surface area contributed by atoms with Crippen molar-refractivity contribution in [1.82, 2.24) is 9.47 Å². The van der Waals surface area contributed by atoms with Crippen molar-refractivity contribution in [3.63, 3.8) is 0 Å². The molecule has 1 saturated heterocycles. The molecule has 3 N–H and O–H groups in total. The Labute approximate surface area is 208 Å². The van der Waals surface area contributed by atoms with E-state index in [9.17, 15) is 22.8 Å². The third-order valence-electron chi connectivity index (χ3n) is 5.94. The van der Waals surface area contributed by atoms with Crippen LogP contribution in [0.4, 0.5) is 5.69 Å². The van der Waals surface area contributed by atoms with Crippen molar-refractivity contribution in [3.05, 3.63) is 60.3 Å². The predicted molar refractivity (Wildman–Crippen MR) is 134 cm³/mol. The van der Waals surface area contributed by atoms with Gasteiger partial charge in [-0.05, 0) is 44.2 Å². The molecule has 11 heteroatoms. The SMILES string of the molecule is C[C@@H]1CN(C(=O)Cn2cc(S(=O)(=O)CC(=O)Nc3ccc(C(N)=O)cc3)c3ccccc32)C[C@H](C)O1. The van der Waals surface area contributed by atoms with Gasteiger partial charge in [0.15, 0.2) is 9.84 Å². The number of hydrogen-bond donors (Lipinski definition) is 2. The molecule has 2 atom stereocenters. The molecule has 0 radical (unpaired) electrons. The molecule has 2 aromatic carbocycles. The quantitative estimate of drug-likeness (QED) is 0.495. The number of nitrogens with zero attached hydrogens (tertiary/aromatic N) is 2. The smallest absolute Gasteiger partial charge is 0.248 e. The van der Waals surface area contributed by atoms with Crippen molar-refractivity contribution in [2.75, 3.05) is 24.2 Å². The molecule has 3 aromatic rings. The molecule has 1 aliphatic heterocycles. The first kappa shape index (κ1) is 25.4. The zero-order valence-electron chi connectivity index (χ0n) is 20.0. The monoisotopic (exact) mass is 512 g/mol. The number of rotatable bonds is 7. The lowest BCUT2D eigenvalue weighted by atomic mass is 10.2. The first-order valence-corrected chi connectivity index (χ1v) is 13.1. The van der Waals surface area contributed by atoms with Crippen molar-refractivity contribution in [3.8, 4) is 0 Å². The van der Waals surface area contributed by atoms with Crippen LogP contribution >= 0.6 is 0 Å².